The molecular weight excluding hydrogens is 388 g/mol. The van der Waals surface area contributed by atoms with Crippen molar-refractivity contribution in [2.75, 3.05) is 13.7 Å². The Bertz CT molecular complexity index is 764. The molecule has 0 aliphatic rings. The van der Waals surface area contributed by atoms with Crippen molar-refractivity contribution in [2.24, 2.45) is 0 Å². The Morgan fingerprint density at radius 2 is 1.68 bits per heavy atom. The van der Waals surface area contributed by atoms with Crippen LogP contribution in [0.15, 0.2) is 46.9 Å². The van der Waals surface area contributed by atoms with Crippen LogP contribution in [0.2, 0.25) is 0 Å². The number of halogens is 1. The van der Waals surface area contributed by atoms with Crippen molar-refractivity contribution in [1.29, 1.82) is 0 Å². The maximum absolute atomic E-state index is 12.2. The van der Waals surface area contributed by atoms with Crippen molar-refractivity contribution >= 4 is 27.7 Å². The van der Waals surface area contributed by atoms with Crippen LogP contribution in [0.5, 0.6) is 11.5 Å². The molecule has 0 unspecified atom stereocenters. The summed E-state index contributed by atoms with van der Waals surface area (Å²) in [4.78, 5) is 24.2. The van der Waals surface area contributed by atoms with E-state index in [-0.39, 0.29) is 0 Å². The summed E-state index contributed by atoms with van der Waals surface area (Å²) in [6.45, 7) is 2.56. The van der Waals surface area contributed by atoms with Crippen LogP contribution >= 0.6 is 15.9 Å². The molecule has 0 bridgehead atoms. The minimum absolute atomic E-state index is 0.343. The van der Waals surface area contributed by atoms with E-state index in [2.05, 4.69) is 26.8 Å². The van der Waals surface area contributed by atoms with Gasteiger partial charge >= 0.3 is 0 Å². The average molecular weight is 407 g/mol. The third-order valence-corrected chi connectivity index (χ3v) is 3.76. The Morgan fingerprint density at radius 3 is 2.28 bits per heavy atom. The fourth-order valence-electron chi connectivity index (χ4n) is 2.03. The van der Waals surface area contributed by atoms with Crippen LogP contribution in [0.25, 0.3) is 0 Å². The summed E-state index contributed by atoms with van der Waals surface area (Å²) in [5.41, 5.74) is 5.53. The lowest BCUT2D eigenvalue weighted by atomic mass is 10.2. The lowest BCUT2D eigenvalue weighted by molar-refractivity contribution is 0.0846. The summed E-state index contributed by atoms with van der Waals surface area (Å²) >= 11 is 3.29. The van der Waals surface area contributed by atoms with Gasteiger partial charge in [-0.3, -0.25) is 20.4 Å². The van der Waals surface area contributed by atoms with Crippen molar-refractivity contribution in [3.8, 4) is 11.5 Å². The van der Waals surface area contributed by atoms with Gasteiger partial charge in [-0.15, -0.1) is 0 Å². The number of nitrogens with one attached hydrogen (secondary N) is 2. The molecule has 0 atom stereocenters. The van der Waals surface area contributed by atoms with Gasteiger partial charge in [0.15, 0.2) is 11.5 Å². The van der Waals surface area contributed by atoms with Crippen LogP contribution in [0, 0.1) is 0 Å². The first-order chi connectivity index (χ1) is 12.0. The molecule has 2 aromatic carbocycles. The number of benzene rings is 2. The number of methoxy groups -OCH3 is 1. The highest BCUT2D eigenvalue weighted by atomic mass is 79.9. The van der Waals surface area contributed by atoms with E-state index in [9.17, 15) is 9.59 Å². The zero-order valence-electron chi connectivity index (χ0n) is 14.0. The summed E-state index contributed by atoms with van der Waals surface area (Å²) in [7, 11) is 1.50. The number of carbonyl (C=O) groups is 2. The number of hydrazine groups is 1. The highest BCUT2D eigenvalue weighted by molar-refractivity contribution is 9.10. The van der Waals surface area contributed by atoms with E-state index < -0.39 is 11.8 Å². The summed E-state index contributed by atoms with van der Waals surface area (Å²) < 4.78 is 11.6. The van der Waals surface area contributed by atoms with Crippen LogP contribution in [-0.4, -0.2) is 25.5 Å². The second-order valence-corrected chi connectivity index (χ2v) is 6.05. The van der Waals surface area contributed by atoms with E-state index in [0.717, 1.165) is 10.9 Å². The maximum atomic E-state index is 12.2. The molecule has 0 aromatic heterocycles. The number of hydrogen-bond donors (Lipinski definition) is 2. The molecule has 2 aromatic rings. The zero-order chi connectivity index (χ0) is 18.2. The van der Waals surface area contributed by atoms with Crippen molar-refractivity contribution in [3.05, 3.63) is 58.1 Å². The molecule has 2 N–H and O–H groups in total. The number of carbonyl (C=O) groups excluding carboxylic acids is 2. The van der Waals surface area contributed by atoms with Gasteiger partial charge in [-0.25, -0.2) is 0 Å². The fraction of sp³-hybridized carbons (Fsp3) is 0.222. The Labute approximate surface area is 154 Å². The second kappa shape index (κ2) is 9.08. The predicted molar refractivity (Wildman–Crippen MR) is 97.9 cm³/mol. The molecule has 6 nitrogen and oxygen atoms in total. The quantitative estimate of drug-likeness (QED) is 0.721. The topological polar surface area (TPSA) is 76.7 Å². The molecule has 2 amide bonds. The Morgan fingerprint density at radius 1 is 1.00 bits per heavy atom. The highest BCUT2D eigenvalue weighted by Crippen LogP contribution is 2.28. The first-order valence-corrected chi connectivity index (χ1v) is 8.51. The van der Waals surface area contributed by atoms with E-state index in [4.69, 9.17) is 9.47 Å². The molecular formula is C18H19BrN2O4. The number of rotatable bonds is 6. The van der Waals surface area contributed by atoms with Crippen molar-refractivity contribution in [2.45, 2.75) is 13.3 Å². The summed E-state index contributed by atoms with van der Waals surface area (Å²) in [5, 5.41) is 0. The van der Waals surface area contributed by atoms with Crippen molar-refractivity contribution < 1.29 is 19.1 Å². The SMILES string of the molecule is CCCOc1ccc(C(=O)NNC(=O)c2cccc(Br)c2)cc1OC. The van der Waals surface area contributed by atoms with Gasteiger partial charge in [0, 0.05) is 15.6 Å². The van der Waals surface area contributed by atoms with E-state index in [1.165, 1.54) is 7.11 Å². The lowest BCUT2D eigenvalue weighted by Gasteiger charge is -2.12. The van der Waals surface area contributed by atoms with Crippen molar-refractivity contribution in [3.63, 3.8) is 0 Å². The predicted octanol–water partition coefficient (Wildman–Crippen LogP) is 3.32. The summed E-state index contributed by atoms with van der Waals surface area (Å²) in [6.07, 6.45) is 0.868. The monoisotopic (exact) mass is 406 g/mol. The molecule has 0 aliphatic carbocycles. The average Bonchev–Trinajstić information content (AvgIpc) is 2.63. The molecule has 0 heterocycles. The Hall–Kier alpha value is -2.54. The molecule has 0 fully saturated rings. The van der Waals surface area contributed by atoms with Crippen molar-refractivity contribution in [1.82, 2.24) is 10.9 Å². The van der Waals surface area contributed by atoms with E-state index >= 15 is 0 Å². The molecule has 0 aliphatic heterocycles. The largest absolute Gasteiger partial charge is 0.493 e. The molecule has 7 heteroatoms. The van der Waals surface area contributed by atoms with Gasteiger partial charge in [-0.1, -0.05) is 28.9 Å². The van der Waals surface area contributed by atoms with Crippen LogP contribution in [-0.2, 0) is 0 Å². The molecule has 132 valence electrons. The molecule has 0 spiro atoms. The third-order valence-electron chi connectivity index (χ3n) is 3.26. The smallest absolute Gasteiger partial charge is 0.269 e. The Balaban J connectivity index is 2.01. The molecule has 0 saturated carbocycles. The van der Waals surface area contributed by atoms with Gasteiger partial charge in [0.25, 0.3) is 11.8 Å². The maximum Gasteiger partial charge on any atom is 0.269 e. The van der Waals surface area contributed by atoms with Crippen LogP contribution in [0.4, 0.5) is 0 Å². The highest BCUT2D eigenvalue weighted by Gasteiger charge is 2.13. The third kappa shape index (κ3) is 5.22. The molecule has 2 rings (SSSR count). The van der Waals surface area contributed by atoms with Gasteiger partial charge in [0.05, 0.1) is 13.7 Å². The van der Waals surface area contributed by atoms with E-state index in [1.54, 1.807) is 36.4 Å². The first-order valence-electron chi connectivity index (χ1n) is 7.72. The number of ether oxygens (including phenoxy) is 2. The summed E-state index contributed by atoms with van der Waals surface area (Å²) in [6, 6.07) is 11.7. The molecule has 0 radical (unpaired) electrons. The number of amides is 2. The molecule has 0 saturated heterocycles. The van der Waals surface area contributed by atoms with E-state index in [0.29, 0.717) is 29.2 Å². The second-order valence-electron chi connectivity index (χ2n) is 5.13. The fourth-order valence-corrected chi connectivity index (χ4v) is 2.43. The van der Waals surface area contributed by atoms with Gasteiger partial charge in [0.2, 0.25) is 0 Å². The van der Waals surface area contributed by atoms with Gasteiger partial charge < -0.3 is 9.47 Å². The van der Waals surface area contributed by atoms with E-state index in [1.807, 2.05) is 13.0 Å². The normalized spacial score (nSPS) is 10.0. The molecule has 25 heavy (non-hydrogen) atoms. The summed E-state index contributed by atoms with van der Waals surface area (Å²) in [5.74, 6) is 0.159. The van der Waals surface area contributed by atoms with Crippen LogP contribution < -0.4 is 20.3 Å². The Kier molecular flexibility index (Phi) is 6.82. The number of hydrogen-bond acceptors (Lipinski definition) is 4. The standard InChI is InChI=1S/C18H19BrN2O4/c1-3-9-25-15-8-7-13(11-16(15)24-2)18(23)21-20-17(22)12-5-4-6-14(19)10-12/h4-8,10-11H,3,9H2,1-2H3,(H,20,22)(H,21,23). The lowest BCUT2D eigenvalue weighted by Crippen LogP contribution is -2.41. The van der Waals surface area contributed by atoms with Crippen LogP contribution in [0.3, 0.4) is 0 Å². The minimum Gasteiger partial charge on any atom is -0.493 e. The van der Waals surface area contributed by atoms with Gasteiger partial charge in [-0.05, 0) is 42.8 Å². The van der Waals surface area contributed by atoms with Crippen LogP contribution in [0.1, 0.15) is 34.1 Å². The minimum atomic E-state index is -0.455. The van der Waals surface area contributed by atoms with Gasteiger partial charge in [-0.2, -0.15) is 0 Å². The first kappa shape index (κ1) is 18.8. The zero-order valence-corrected chi connectivity index (χ0v) is 15.6. The van der Waals surface area contributed by atoms with Gasteiger partial charge in [0.1, 0.15) is 0 Å².